The molecule has 7 heteroatoms. The molecule has 1 aromatic carbocycles. The van der Waals surface area contributed by atoms with Gasteiger partial charge in [-0.2, -0.15) is 5.26 Å². The van der Waals surface area contributed by atoms with Crippen molar-refractivity contribution in [1.29, 1.82) is 5.26 Å². The van der Waals surface area contributed by atoms with Gasteiger partial charge in [-0.15, -0.1) is 0 Å². The van der Waals surface area contributed by atoms with E-state index >= 15 is 0 Å². The number of halogens is 1. The van der Waals surface area contributed by atoms with E-state index in [2.05, 4.69) is 4.98 Å². The van der Waals surface area contributed by atoms with Gasteiger partial charge in [0.05, 0.1) is 18.0 Å². The third-order valence-electron chi connectivity index (χ3n) is 3.92. The van der Waals surface area contributed by atoms with E-state index in [-0.39, 0.29) is 17.6 Å². The first-order valence-corrected chi connectivity index (χ1v) is 9.81. The van der Waals surface area contributed by atoms with Crippen molar-refractivity contribution in [2.75, 3.05) is 17.6 Å². The number of nitrogens with zero attached hydrogens (tertiary/aromatic N) is 3. The zero-order valence-electron chi connectivity index (χ0n) is 15.1. The van der Waals surface area contributed by atoms with Crippen LogP contribution in [-0.4, -0.2) is 26.7 Å². The Bertz CT molecular complexity index is 975. The molecule has 0 atom stereocenters. The summed E-state index contributed by atoms with van der Waals surface area (Å²) in [4.78, 5) is 4.51. The van der Waals surface area contributed by atoms with Crippen molar-refractivity contribution in [3.05, 3.63) is 53.5 Å². The number of benzene rings is 1. The molecule has 0 unspecified atom stereocenters. The lowest BCUT2D eigenvalue weighted by Gasteiger charge is -2.21. The van der Waals surface area contributed by atoms with E-state index in [1.165, 1.54) is 25.3 Å². The number of allylic oxidation sites excluding steroid dienone is 1. The minimum atomic E-state index is -3.49. The fraction of sp³-hybridized carbons (Fsp3) is 0.263. The molecule has 26 heavy (non-hydrogen) atoms. The van der Waals surface area contributed by atoms with E-state index in [0.29, 0.717) is 22.4 Å². The van der Waals surface area contributed by atoms with Crippen molar-refractivity contribution >= 4 is 21.9 Å². The molecule has 136 valence electrons. The van der Waals surface area contributed by atoms with Crippen molar-refractivity contribution in [1.82, 2.24) is 4.98 Å². The molecule has 0 saturated heterocycles. The minimum Gasteiger partial charge on any atom is -0.257 e. The van der Waals surface area contributed by atoms with Gasteiger partial charge in [-0.05, 0) is 41.3 Å². The Labute approximate surface area is 153 Å². The monoisotopic (exact) mass is 373 g/mol. The number of hydrogen-bond donors (Lipinski definition) is 0. The number of nitriles is 1. The zero-order chi connectivity index (χ0) is 19.5. The molecule has 0 spiro atoms. The smallest absolute Gasteiger partial charge is 0.233 e. The van der Waals surface area contributed by atoms with E-state index in [0.717, 1.165) is 10.6 Å². The van der Waals surface area contributed by atoms with Gasteiger partial charge >= 0.3 is 0 Å². The topological polar surface area (TPSA) is 74.1 Å². The maximum absolute atomic E-state index is 13.3. The first kappa shape index (κ1) is 19.6. The van der Waals surface area contributed by atoms with Crippen molar-refractivity contribution in [2.24, 2.45) is 0 Å². The molecule has 5 nitrogen and oxygen atoms in total. The third kappa shape index (κ3) is 4.27. The maximum atomic E-state index is 13.3. The van der Waals surface area contributed by atoms with Crippen LogP contribution in [0.15, 0.2) is 36.4 Å². The van der Waals surface area contributed by atoms with Crippen LogP contribution in [0.3, 0.4) is 0 Å². The summed E-state index contributed by atoms with van der Waals surface area (Å²) in [6.45, 7) is 3.87. The quantitative estimate of drug-likeness (QED) is 0.744. The van der Waals surface area contributed by atoms with Gasteiger partial charge in [0.25, 0.3) is 0 Å². The summed E-state index contributed by atoms with van der Waals surface area (Å²) >= 11 is 0. The van der Waals surface area contributed by atoms with Crippen LogP contribution >= 0.6 is 0 Å². The second-order valence-corrected chi connectivity index (χ2v) is 8.20. The van der Waals surface area contributed by atoms with Gasteiger partial charge in [0.2, 0.25) is 10.0 Å². The molecule has 0 saturated carbocycles. The Morgan fingerprint density at radius 3 is 2.38 bits per heavy atom. The lowest BCUT2D eigenvalue weighted by Crippen LogP contribution is -2.26. The van der Waals surface area contributed by atoms with E-state index < -0.39 is 10.0 Å². The lowest BCUT2D eigenvalue weighted by molar-refractivity contribution is 0.599. The number of sulfonamides is 1. The molecule has 0 aliphatic heterocycles. The minimum absolute atomic E-state index is 0.0135. The van der Waals surface area contributed by atoms with Gasteiger partial charge in [-0.3, -0.25) is 4.31 Å². The molecule has 0 fully saturated rings. The highest BCUT2D eigenvalue weighted by Crippen LogP contribution is 2.34. The second-order valence-electron chi connectivity index (χ2n) is 6.18. The van der Waals surface area contributed by atoms with Crippen LogP contribution in [0.1, 0.15) is 31.0 Å². The number of aromatic nitrogens is 1. The van der Waals surface area contributed by atoms with E-state index in [1.807, 2.05) is 19.9 Å². The van der Waals surface area contributed by atoms with Crippen LogP contribution in [0.25, 0.3) is 17.2 Å². The van der Waals surface area contributed by atoms with Crippen LogP contribution < -0.4 is 4.31 Å². The fourth-order valence-corrected chi connectivity index (χ4v) is 2.93. The number of anilines is 1. The van der Waals surface area contributed by atoms with Crippen LogP contribution in [0, 0.1) is 17.1 Å². The van der Waals surface area contributed by atoms with E-state index in [4.69, 9.17) is 5.26 Å². The highest BCUT2D eigenvalue weighted by molar-refractivity contribution is 7.92. The summed E-state index contributed by atoms with van der Waals surface area (Å²) in [5.74, 6) is -0.112. The van der Waals surface area contributed by atoms with E-state index in [9.17, 15) is 12.8 Å². The summed E-state index contributed by atoms with van der Waals surface area (Å²) in [7, 11) is -2.06. The van der Waals surface area contributed by atoms with Crippen LogP contribution in [-0.2, 0) is 10.0 Å². The van der Waals surface area contributed by atoms with Crippen molar-refractivity contribution < 1.29 is 12.8 Å². The zero-order valence-corrected chi connectivity index (χ0v) is 15.9. The Morgan fingerprint density at radius 1 is 1.27 bits per heavy atom. The highest BCUT2D eigenvalue weighted by Gasteiger charge is 2.20. The average Bonchev–Trinajstić information content (AvgIpc) is 2.58. The van der Waals surface area contributed by atoms with Crippen molar-refractivity contribution in [3.8, 4) is 17.2 Å². The molecule has 1 aromatic heterocycles. The van der Waals surface area contributed by atoms with Crippen molar-refractivity contribution in [2.45, 2.75) is 19.8 Å². The predicted molar refractivity (Wildman–Crippen MR) is 102 cm³/mol. The van der Waals surface area contributed by atoms with Gasteiger partial charge in [-0.25, -0.2) is 17.8 Å². The first-order valence-electron chi connectivity index (χ1n) is 7.96. The molecule has 1 heterocycles. The Hall–Kier alpha value is -2.72. The summed E-state index contributed by atoms with van der Waals surface area (Å²) in [5, 5.41) is 8.91. The predicted octanol–water partition coefficient (Wildman–Crippen LogP) is 3.94. The fourth-order valence-electron chi connectivity index (χ4n) is 2.50. The summed E-state index contributed by atoms with van der Waals surface area (Å²) in [5.41, 5.74) is 2.75. The molecule has 0 aliphatic carbocycles. The molecule has 0 aliphatic rings. The Morgan fingerprint density at radius 2 is 1.88 bits per heavy atom. The summed E-state index contributed by atoms with van der Waals surface area (Å²) < 4.78 is 38.3. The normalized spacial score (nSPS) is 11.7. The first-order chi connectivity index (χ1) is 12.1. The molecule has 0 bridgehead atoms. The number of pyridine rings is 1. The van der Waals surface area contributed by atoms with Crippen molar-refractivity contribution in [3.63, 3.8) is 0 Å². The number of hydrogen-bond acceptors (Lipinski definition) is 4. The van der Waals surface area contributed by atoms with Crippen LogP contribution in [0.4, 0.5) is 10.2 Å². The third-order valence-corrected chi connectivity index (χ3v) is 5.10. The van der Waals surface area contributed by atoms with Gasteiger partial charge in [0, 0.05) is 18.7 Å². The molecular weight excluding hydrogens is 353 g/mol. The molecule has 0 radical (unpaired) electrons. The van der Waals surface area contributed by atoms with Gasteiger partial charge in [-0.1, -0.05) is 26.0 Å². The molecule has 0 N–H and O–H groups in total. The summed E-state index contributed by atoms with van der Waals surface area (Å²) in [6.07, 6.45) is 4.09. The van der Waals surface area contributed by atoms with Crippen LogP contribution in [0.2, 0.25) is 0 Å². The second kappa shape index (κ2) is 7.67. The Balaban J connectivity index is 2.83. The Kier molecular flexibility index (Phi) is 5.78. The average molecular weight is 373 g/mol. The lowest BCUT2D eigenvalue weighted by atomic mass is 9.94. The maximum Gasteiger partial charge on any atom is 0.233 e. The highest BCUT2D eigenvalue weighted by atomic mass is 32.2. The van der Waals surface area contributed by atoms with Gasteiger partial charge in [0.1, 0.15) is 11.6 Å². The van der Waals surface area contributed by atoms with Gasteiger partial charge in [0.15, 0.2) is 0 Å². The SMILES string of the molecule is CC(C)c1nc(N(C)S(C)(=O)=O)cc(-c2ccc(F)cc2)c1C=CC#N. The molecular formula is C19H20FN3O2S. The standard InChI is InChI=1S/C19H20FN3O2S/c1-13(2)19-16(6-5-11-21)17(14-7-9-15(20)10-8-14)12-18(22-19)23(3)26(4,24)25/h5-10,12-13H,1-4H3. The molecule has 2 aromatic rings. The largest absolute Gasteiger partial charge is 0.257 e. The number of rotatable bonds is 5. The summed E-state index contributed by atoms with van der Waals surface area (Å²) in [6, 6.07) is 9.49. The van der Waals surface area contributed by atoms with Crippen LogP contribution in [0.5, 0.6) is 0 Å². The van der Waals surface area contributed by atoms with E-state index in [1.54, 1.807) is 24.3 Å². The molecule has 2 rings (SSSR count). The van der Waals surface area contributed by atoms with Gasteiger partial charge < -0.3 is 0 Å². The molecule has 0 amide bonds.